The molecular formula is C48H23BF5N3. The highest BCUT2D eigenvalue weighted by molar-refractivity contribution is 6.98. The largest absolute Gasteiger partial charge is 0.308 e. The van der Waals surface area contributed by atoms with Gasteiger partial charge in [-0.3, -0.25) is 8.97 Å². The Labute approximate surface area is 319 Å². The summed E-state index contributed by atoms with van der Waals surface area (Å²) in [5.41, 5.74) is 8.70. The molecule has 12 aromatic rings. The Morgan fingerprint density at radius 1 is 0.404 bits per heavy atom. The fourth-order valence-electron chi connectivity index (χ4n) is 10.3. The topological polar surface area (TPSA) is 13.8 Å². The number of halogens is 5. The van der Waals surface area contributed by atoms with Gasteiger partial charge in [-0.05, 0) is 52.2 Å². The van der Waals surface area contributed by atoms with E-state index in [-0.39, 0.29) is 0 Å². The zero-order valence-electron chi connectivity index (χ0n) is 29.6. The Bertz CT molecular complexity index is 3740. The molecule has 8 aromatic carbocycles. The van der Waals surface area contributed by atoms with Crippen molar-refractivity contribution < 1.29 is 22.0 Å². The maximum atomic E-state index is 16.4. The van der Waals surface area contributed by atoms with Crippen molar-refractivity contribution in [2.24, 2.45) is 0 Å². The number of nitrogens with zero attached hydrogens (tertiary/aromatic N) is 3. The minimum atomic E-state index is -2.18. The van der Waals surface area contributed by atoms with Crippen LogP contribution in [-0.4, -0.2) is 20.1 Å². The van der Waals surface area contributed by atoms with Crippen molar-refractivity contribution >= 4 is 99.6 Å². The molecule has 0 fully saturated rings. The van der Waals surface area contributed by atoms with Crippen LogP contribution in [0.1, 0.15) is 0 Å². The minimum absolute atomic E-state index is 0.415. The van der Waals surface area contributed by atoms with Gasteiger partial charge >= 0.3 is 0 Å². The molecule has 0 spiro atoms. The van der Waals surface area contributed by atoms with Crippen molar-refractivity contribution in [2.45, 2.75) is 0 Å². The van der Waals surface area contributed by atoms with Gasteiger partial charge < -0.3 is 4.40 Å². The van der Waals surface area contributed by atoms with Gasteiger partial charge in [-0.1, -0.05) is 109 Å². The summed E-state index contributed by atoms with van der Waals surface area (Å²) in [6.07, 6.45) is 0. The maximum absolute atomic E-state index is 16.4. The number of rotatable bonds is 2. The molecule has 13 rings (SSSR count). The third kappa shape index (κ3) is 3.59. The van der Waals surface area contributed by atoms with Crippen LogP contribution in [0.3, 0.4) is 0 Å². The number of fused-ring (bicyclic) bond motifs is 13. The minimum Gasteiger partial charge on any atom is -0.308 e. The van der Waals surface area contributed by atoms with Gasteiger partial charge in [0, 0.05) is 49.0 Å². The number of hydrogen-bond donors (Lipinski definition) is 0. The molecule has 1 aliphatic rings. The van der Waals surface area contributed by atoms with Crippen LogP contribution >= 0.6 is 0 Å². The summed E-state index contributed by atoms with van der Waals surface area (Å²) >= 11 is 0. The van der Waals surface area contributed by atoms with Crippen molar-refractivity contribution in [3.05, 3.63) is 169 Å². The van der Waals surface area contributed by atoms with Gasteiger partial charge in [0.05, 0.1) is 33.1 Å². The first-order valence-electron chi connectivity index (χ1n) is 18.7. The van der Waals surface area contributed by atoms with Crippen molar-refractivity contribution in [3.8, 4) is 16.8 Å². The molecule has 9 heteroatoms. The van der Waals surface area contributed by atoms with Crippen LogP contribution in [0.2, 0.25) is 0 Å². The van der Waals surface area contributed by atoms with E-state index in [1.807, 2.05) is 78.9 Å². The molecular weight excluding hydrogens is 724 g/mol. The molecule has 0 unspecified atom stereocenters. The summed E-state index contributed by atoms with van der Waals surface area (Å²) in [5, 5.41) is 6.58. The van der Waals surface area contributed by atoms with Gasteiger partial charge in [-0.25, -0.2) is 22.0 Å². The molecule has 0 radical (unpaired) electrons. The molecule has 1 aliphatic heterocycles. The molecule has 0 aliphatic carbocycles. The van der Waals surface area contributed by atoms with Crippen LogP contribution < -0.4 is 16.4 Å². The van der Waals surface area contributed by atoms with E-state index in [2.05, 4.69) is 61.9 Å². The summed E-state index contributed by atoms with van der Waals surface area (Å²) in [4.78, 5) is 0. The number of aromatic nitrogens is 3. The lowest BCUT2D eigenvalue weighted by Crippen LogP contribution is -2.59. The van der Waals surface area contributed by atoms with Gasteiger partial charge in [0.15, 0.2) is 29.1 Å². The van der Waals surface area contributed by atoms with Crippen LogP contribution in [0.4, 0.5) is 22.0 Å². The van der Waals surface area contributed by atoms with Crippen molar-refractivity contribution in [2.75, 3.05) is 0 Å². The molecule has 0 N–H and O–H groups in total. The third-order valence-electron chi connectivity index (χ3n) is 12.4. The summed E-state index contributed by atoms with van der Waals surface area (Å²) < 4.78 is 84.8. The Kier molecular flexibility index (Phi) is 5.78. The van der Waals surface area contributed by atoms with Gasteiger partial charge in [-0.2, -0.15) is 0 Å². The van der Waals surface area contributed by atoms with Crippen LogP contribution in [0.25, 0.3) is 93.3 Å². The first-order chi connectivity index (χ1) is 27.9. The van der Waals surface area contributed by atoms with E-state index in [4.69, 9.17) is 0 Å². The fourth-order valence-corrected chi connectivity index (χ4v) is 10.3. The smallest absolute Gasteiger partial charge is 0.254 e. The molecule has 268 valence electrons. The highest BCUT2D eigenvalue weighted by Crippen LogP contribution is 2.48. The van der Waals surface area contributed by atoms with E-state index in [1.54, 1.807) is 12.1 Å². The number of para-hydroxylation sites is 4. The Balaban J connectivity index is 1.40. The van der Waals surface area contributed by atoms with Crippen molar-refractivity contribution in [1.29, 1.82) is 0 Å². The Morgan fingerprint density at radius 3 is 1.67 bits per heavy atom. The standard InChI is InChI=1S/C48H23BF5N3/c50-41-40(42(51)44(53)45(54)43(41)52)49-30-17-7-11-21-35(30)57-47-31(49)22-28-25-14-4-8-18-32(25)55-33-19-9-5-15-26(33)29-23-36(39(47)38(28)46(29)55)56-34-20-10-6-16-27(34)37(48(56)57)24-12-2-1-3-13-24/h1-23H. The molecule has 0 saturated heterocycles. The predicted molar refractivity (Wildman–Crippen MR) is 220 cm³/mol. The summed E-state index contributed by atoms with van der Waals surface area (Å²) in [5.74, 6) is -9.80. The SMILES string of the molecule is Fc1c(F)c(F)c(B2c3ccccc3-n3c4c2cc2c5ccccc5n5c6ccccc6c6cc(c4c2c65)n2c4ccccc4c(-c4ccccc4)c32)c(F)c1F. The maximum Gasteiger partial charge on any atom is 0.254 e. The zero-order chi connectivity index (χ0) is 38.0. The molecule has 0 atom stereocenters. The van der Waals surface area contributed by atoms with Crippen LogP contribution in [-0.2, 0) is 0 Å². The molecule has 0 saturated carbocycles. The third-order valence-corrected chi connectivity index (χ3v) is 12.4. The molecule has 3 nitrogen and oxygen atoms in total. The van der Waals surface area contributed by atoms with E-state index < -0.39 is 41.3 Å². The highest BCUT2D eigenvalue weighted by atomic mass is 19.2. The quantitative estimate of drug-likeness (QED) is 0.0418. The number of benzene rings is 8. The Morgan fingerprint density at radius 2 is 0.965 bits per heavy atom. The first kappa shape index (κ1) is 31.1. The summed E-state index contributed by atoms with van der Waals surface area (Å²) in [6.45, 7) is -1.35. The molecule has 0 bridgehead atoms. The van der Waals surface area contributed by atoms with Crippen LogP contribution in [0.5, 0.6) is 0 Å². The van der Waals surface area contributed by atoms with Gasteiger partial charge in [0.25, 0.3) is 6.71 Å². The van der Waals surface area contributed by atoms with E-state index >= 15 is 17.6 Å². The predicted octanol–water partition coefficient (Wildman–Crippen LogP) is 10.5. The zero-order valence-corrected chi connectivity index (χ0v) is 29.6. The highest BCUT2D eigenvalue weighted by Gasteiger charge is 2.41. The van der Waals surface area contributed by atoms with Gasteiger partial charge in [0.2, 0.25) is 0 Å². The first-order valence-corrected chi connectivity index (χ1v) is 18.7. The van der Waals surface area contributed by atoms with Crippen molar-refractivity contribution in [1.82, 2.24) is 13.4 Å². The monoisotopic (exact) mass is 747 g/mol. The van der Waals surface area contributed by atoms with Crippen molar-refractivity contribution in [3.63, 3.8) is 0 Å². The molecule has 0 amide bonds. The molecule has 5 heterocycles. The average Bonchev–Trinajstić information content (AvgIpc) is 3.78. The van der Waals surface area contributed by atoms with Crippen LogP contribution in [0, 0.1) is 29.1 Å². The molecule has 57 heavy (non-hydrogen) atoms. The Hall–Kier alpha value is -7.13. The van der Waals surface area contributed by atoms with E-state index in [9.17, 15) is 4.39 Å². The summed E-state index contributed by atoms with van der Waals surface area (Å²) in [7, 11) is 0. The number of pyridine rings is 1. The average molecular weight is 748 g/mol. The normalized spacial score (nSPS) is 13.0. The van der Waals surface area contributed by atoms with E-state index in [0.717, 1.165) is 82.1 Å². The lowest BCUT2D eigenvalue weighted by atomic mass is 9.35. The van der Waals surface area contributed by atoms with Gasteiger partial charge in [0.1, 0.15) is 5.65 Å². The lowest BCUT2D eigenvalue weighted by molar-refractivity contribution is 0.384. The number of hydrogen-bond acceptors (Lipinski definition) is 0. The second-order valence-electron chi connectivity index (χ2n) is 15.0. The summed E-state index contributed by atoms with van der Waals surface area (Å²) in [6, 6.07) is 46.0. The molecule has 4 aromatic heterocycles. The van der Waals surface area contributed by atoms with E-state index in [1.165, 1.54) is 0 Å². The van der Waals surface area contributed by atoms with Gasteiger partial charge in [-0.15, -0.1) is 0 Å². The fraction of sp³-hybridized carbons (Fsp3) is 0. The second kappa shape index (κ2) is 10.6. The van der Waals surface area contributed by atoms with Crippen LogP contribution in [0.15, 0.2) is 140 Å². The van der Waals surface area contributed by atoms with E-state index in [0.29, 0.717) is 22.1 Å². The lowest BCUT2D eigenvalue weighted by Gasteiger charge is -2.32. The second-order valence-corrected chi connectivity index (χ2v) is 15.0.